The fraction of sp³-hybridized carbons (Fsp3) is 0.571. The molecule has 0 spiro atoms. The number of benzene rings is 1. The first-order valence-corrected chi connectivity index (χ1v) is 9.30. The second-order valence-electron chi connectivity index (χ2n) is 6.78. The van der Waals surface area contributed by atoms with E-state index in [0.717, 1.165) is 17.7 Å². The van der Waals surface area contributed by atoms with Gasteiger partial charge in [0, 0.05) is 16.9 Å². The predicted octanol–water partition coefficient (Wildman–Crippen LogP) is 5.78. The Labute approximate surface area is 146 Å². The molecule has 3 heteroatoms. The van der Waals surface area contributed by atoms with E-state index in [9.17, 15) is 4.79 Å². The van der Waals surface area contributed by atoms with E-state index in [0.29, 0.717) is 0 Å². The lowest BCUT2D eigenvalue weighted by molar-refractivity contribution is -0.122. The average molecular weight is 329 g/mol. The van der Waals surface area contributed by atoms with Crippen LogP contribution in [-0.4, -0.2) is 12.4 Å². The number of allylic oxidation sites excluding steroid dienone is 1. The van der Waals surface area contributed by atoms with E-state index in [1.165, 1.54) is 49.8 Å². The smallest absolute Gasteiger partial charge is 0.155 e. The van der Waals surface area contributed by atoms with Gasteiger partial charge >= 0.3 is 0 Å². The van der Waals surface area contributed by atoms with Gasteiger partial charge in [0.1, 0.15) is 12.7 Å². The normalized spacial score (nSPS) is 16.7. The van der Waals surface area contributed by atoms with Crippen molar-refractivity contribution in [1.29, 1.82) is 0 Å². The van der Waals surface area contributed by atoms with E-state index in [1.54, 1.807) is 6.92 Å². The molecule has 1 N–H and O–H groups in total. The number of carbonyl (C=O) groups is 1. The number of para-hydroxylation sites is 1. The van der Waals surface area contributed by atoms with Crippen molar-refractivity contribution in [3.05, 3.63) is 41.1 Å². The third-order valence-electron chi connectivity index (χ3n) is 4.63. The van der Waals surface area contributed by atoms with Crippen molar-refractivity contribution in [2.45, 2.75) is 71.8 Å². The molecule has 1 aliphatic heterocycles. The van der Waals surface area contributed by atoms with Crippen LogP contribution in [0.15, 0.2) is 35.5 Å². The quantitative estimate of drug-likeness (QED) is 0.553. The summed E-state index contributed by atoms with van der Waals surface area (Å²) in [5.74, 6) is 0.0660. The summed E-state index contributed by atoms with van der Waals surface area (Å²) in [6.07, 6.45) is 8.71. The molecular formula is C21H31NO2. The zero-order valence-electron chi connectivity index (χ0n) is 15.4. The number of fused-ring (bicyclic) bond motifs is 1. The molecule has 0 fully saturated rings. The Bertz CT molecular complexity index is 577. The van der Waals surface area contributed by atoms with Crippen molar-refractivity contribution in [2.24, 2.45) is 0 Å². The van der Waals surface area contributed by atoms with E-state index in [1.807, 2.05) is 12.1 Å². The number of unbranched alkanes of at least 4 members (excludes halogenated alkanes) is 5. The minimum Gasteiger partial charge on any atom is -0.361 e. The van der Waals surface area contributed by atoms with Crippen molar-refractivity contribution < 1.29 is 9.53 Å². The first kappa shape index (κ1) is 18.7. The summed E-state index contributed by atoms with van der Waals surface area (Å²) >= 11 is 0. The minimum absolute atomic E-state index is 0.0660. The van der Waals surface area contributed by atoms with Crippen LogP contribution >= 0.6 is 0 Å². The van der Waals surface area contributed by atoms with Crippen LogP contribution in [0.4, 0.5) is 5.69 Å². The van der Waals surface area contributed by atoms with Crippen LogP contribution in [-0.2, 0) is 9.53 Å². The van der Waals surface area contributed by atoms with Gasteiger partial charge in [-0.25, -0.2) is 0 Å². The Kier molecular flexibility index (Phi) is 7.51. The highest BCUT2D eigenvalue weighted by Crippen LogP contribution is 2.39. The first-order valence-electron chi connectivity index (χ1n) is 9.30. The molecule has 0 bridgehead atoms. The lowest BCUT2D eigenvalue weighted by Gasteiger charge is -2.30. The van der Waals surface area contributed by atoms with Crippen molar-refractivity contribution in [2.75, 3.05) is 11.9 Å². The van der Waals surface area contributed by atoms with E-state index in [-0.39, 0.29) is 18.5 Å². The highest BCUT2D eigenvalue weighted by atomic mass is 16.5. The summed E-state index contributed by atoms with van der Waals surface area (Å²) in [5.41, 5.74) is 4.71. The van der Waals surface area contributed by atoms with Gasteiger partial charge in [0.15, 0.2) is 5.78 Å². The zero-order chi connectivity index (χ0) is 17.4. The number of ketones is 1. The van der Waals surface area contributed by atoms with Gasteiger partial charge < -0.3 is 10.1 Å². The third-order valence-corrected chi connectivity index (χ3v) is 4.63. The average Bonchev–Trinajstić information content (AvgIpc) is 2.57. The second kappa shape index (κ2) is 9.63. The van der Waals surface area contributed by atoms with Crippen LogP contribution in [0, 0.1) is 0 Å². The summed E-state index contributed by atoms with van der Waals surface area (Å²) in [7, 11) is 0. The SMILES string of the molecule is CCCCCCCCC1=C(C)C(OCC(C)=O)c2ccccc2N1. The molecule has 132 valence electrons. The Hall–Kier alpha value is -1.61. The van der Waals surface area contributed by atoms with E-state index in [2.05, 4.69) is 31.3 Å². The number of hydrogen-bond acceptors (Lipinski definition) is 3. The van der Waals surface area contributed by atoms with Gasteiger partial charge in [-0.3, -0.25) is 4.79 Å². The highest BCUT2D eigenvalue weighted by Gasteiger charge is 2.25. The van der Waals surface area contributed by atoms with Crippen molar-refractivity contribution in [3.63, 3.8) is 0 Å². The molecule has 3 nitrogen and oxygen atoms in total. The van der Waals surface area contributed by atoms with Crippen LogP contribution in [0.2, 0.25) is 0 Å². The van der Waals surface area contributed by atoms with Crippen molar-refractivity contribution >= 4 is 11.5 Å². The molecule has 0 radical (unpaired) electrons. The van der Waals surface area contributed by atoms with Gasteiger partial charge in [-0.1, -0.05) is 57.2 Å². The maximum atomic E-state index is 11.3. The van der Waals surface area contributed by atoms with Gasteiger partial charge in [-0.05, 0) is 38.3 Å². The fourth-order valence-corrected chi connectivity index (χ4v) is 3.25. The van der Waals surface area contributed by atoms with Crippen LogP contribution in [0.3, 0.4) is 0 Å². The molecule has 0 aliphatic carbocycles. The Morgan fingerprint density at radius 3 is 2.58 bits per heavy atom. The fourth-order valence-electron chi connectivity index (χ4n) is 3.25. The van der Waals surface area contributed by atoms with Crippen LogP contribution in [0.5, 0.6) is 0 Å². The first-order chi connectivity index (χ1) is 11.6. The van der Waals surface area contributed by atoms with Gasteiger partial charge in [-0.2, -0.15) is 0 Å². The van der Waals surface area contributed by atoms with Gasteiger partial charge in [0.05, 0.1) is 0 Å². The molecule has 1 aliphatic rings. The zero-order valence-corrected chi connectivity index (χ0v) is 15.4. The van der Waals surface area contributed by atoms with Crippen LogP contribution in [0.1, 0.15) is 77.4 Å². The maximum Gasteiger partial charge on any atom is 0.155 e. The molecule has 1 aromatic carbocycles. The van der Waals surface area contributed by atoms with Crippen molar-refractivity contribution in [1.82, 2.24) is 0 Å². The Balaban J connectivity index is 2.01. The number of nitrogens with one attached hydrogen (secondary N) is 1. The Morgan fingerprint density at radius 1 is 1.12 bits per heavy atom. The molecule has 0 aromatic heterocycles. The topological polar surface area (TPSA) is 38.3 Å². The monoisotopic (exact) mass is 329 g/mol. The molecule has 1 aromatic rings. The van der Waals surface area contributed by atoms with E-state index < -0.39 is 0 Å². The van der Waals surface area contributed by atoms with E-state index in [4.69, 9.17) is 4.74 Å². The minimum atomic E-state index is -0.110. The van der Waals surface area contributed by atoms with E-state index >= 15 is 0 Å². The number of rotatable bonds is 10. The lowest BCUT2D eigenvalue weighted by Crippen LogP contribution is -2.20. The number of anilines is 1. The molecule has 2 rings (SSSR count). The van der Waals surface area contributed by atoms with Gasteiger partial charge in [0.2, 0.25) is 0 Å². The summed E-state index contributed by atoms with van der Waals surface area (Å²) in [6.45, 7) is 6.11. The highest BCUT2D eigenvalue weighted by molar-refractivity contribution is 5.76. The largest absolute Gasteiger partial charge is 0.361 e. The lowest BCUT2D eigenvalue weighted by atomic mass is 9.93. The molecule has 1 heterocycles. The number of carbonyl (C=O) groups excluding carboxylic acids is 1. The van der Waals surface area contributed by atoms with Gasteiger partial charge in [-0.15, -0.1) is 0 Å². The predicted molar refractivity (Wildman–Crippen MR) is 100 cm³/mol. The standard InChI is InChI=1S/C21H31NO2/c1-4-5-6-7-8-9-13-19-17(3)21(24-15-16(2)23)18-12-10-11-14-20(18)22-19/h10-12,14,21-22H,4-9,13,15H2,1-3H3. The maximum absolute atomic E-state index is 11.3. The molecule has 1 atom stereocenters. The van der Waals surface area contributed by atoms with Crippen LogP contribution in [0.25, 0.3) is 0 Å². The molecule has 1 unspecified atom stereocenters. The molecule has 0 amide bonds. The molecule has 0 saturated heterocycles. The number of Topliss-reactive ketones (excluding diaryl/α,β-unsaturated/α-hetero) is 1. The van der Waals surface area contributed by atoms with Crippen LogP contribution < -0.4 is 5.32 Å². The molecular weight excluding hydrogens is 298 g/mol. The summed E-state index contributed by atoms with van der Waals surface area (Å²) in [4.78, 5) is 11.3. The summed E-state index contributed by atoms with van der Waals surface area (Å²) in [6, 6.07) is 8.23. The second-order valence-corrected chi connectivity index (χ2v) is 6.78. The molecule has 24 heavy (non-hydrogen) atoms. The number of ether oxygens (including phenoxy) is 1. The number of hydrogen-bond donors (Lipinski definition) is 1. The van der Waals surface area contributed by atoms with Gasteiger partial charge in [0.25, 0.3) is 0 Å². The summed E-state index contributed by atoms with van der Waals surface area (Å²) in [5, 5.41) is 3.58. The Morgan fingerprint density at radius 2 is 1.83 bits per heavy atom. The van der Waals surface area contributed by atoms with Crippen molar-refractivity contribution in [3.8, 4) is 0 Å². The summed E-state index contributed by atoms with van der Waals surface area (Å²) < 4.78 is 5.93. The molecule has 0 saturated carbocycles. The third kappa shape index (κ3) is 5.20.